The van der Waals surface area contributed by atoms with E-state index in [1.165, 1.54) is 4.90 Å². The number of nitrogens with zero attached hydrogens (tertiary/aromatic N) is 1. The maximum atomic E-state index is 11.5. The number of carboxylic acids is 1. The van der Waals surface area contributed by atoms with Gasteiger partial charge in [-0.2, -0.15) is 0 Å². The zero-order valence-electron chi connectivity index (χ0n) is 8.12. The molecule has 0 spiro atoms. The van der Waals surface area contributed by atoms with Crippen LogP contribution < -0.4 is 5.73 Å². The van der Waals surface area contributed by atoms with Gasteiger partial charge in [0.15, 0.2) is 5.66 Å². The Balaban J connectivity index is 2.94. The Kier molecular flexibility index (Phi) is 2.62. The van der Waals surface area contributed by atoms with Crippen LogP contribution in [0.1, 0.15) is 19.8 Å². The van der Waals surface area contributed by atoms with Gasteiger partial charge in [-0.25, -0.2) is 4.79 Å². The van der Waals surface area contributed by atoms with E-state index in [9.17, 15) is 9.59 Å². The van der Waals surface area contributed by atoms with Crippen molar-refractivity contribution in [3.63, 3.8) is 0 Å². The molecule has 0 aromatic heterocycles. The molecule has 78 valence electrons. The van der Waals surface area contributed by atoms with Gasteiger partial charge in [-0.3, -0.25) is 10.5 Å². The summed E-state index contributed by atoms with van der Waals surface area (Å²) in [5.41, 5.74) is 4.41. The first kappa shape index (κ1) is 10.7. The maximum Gasteiger partial charge on any atom is 0.344 e. The van der Waals surface area contributed by atoms with Gasteiger partial charge in [0.05, 0.1) is 0 Å². The highest BCUT2D eigenvalue weighted by Gasteiger charge is 2.46. The average Bonchev–Trinajstić information content (AvgIpc) is 2.47. The van der Waals surface area contributed by atoms with E-state index in [0.29, 0.717) is 25.0 Å². The van der Waals surface area contributed by atoms with Crippen molar-refractivity contribution in [2.45, 2.75) is 25.4 Å². The fraction of sp³-hybridized carbons (Fsp3) is 0.556. The third kappa shape index (κ3) is 1.50. The summed E-state index contributed by atoms with van der Waals surface area (Å²) in [6.07, 6.45) is 0.906. The highest BCUT2D eigenvalue weighted by Crippen LogP contribution is 2.25. The Hall–Kier alpha value is -1.36. The van der Waals surface area contributed by atoms with Crippen molar-refractivity contribution in [2.75, 3.05) is 6.54 Å². The maximum absolute atomic E-state index is 11.5. The number of aliphatic carboxylic acids is 1. The third-order valence-electron chi connectivity index (χ3n) is 2.40. The van der Waals surface area contributed by atoms with Crippen LogP contribution in [0.3, 0.4) is 0 Å². The number of rotatable bonds is 2. The molecule has 0 aromatic carbocycles. The zero-order valence-corrected chi connectivity index (χ0v) is 8.12. The number of nitrogens with two attached hydrogens (primary N) is 1. The summed E-state index contributed by atoms with van der Waals surface area (Å²) in [5, 5.41) is 8.93. The fourth-order valence-electron chi connectivity index (χ4n) is 1.58. The molecule has 14 heavy (non-hydrogen) atoms. The highest BCUT2D eigenvalue weighted by atomic mass is 16.4. The molecule has 1 amide bonds. The first-order valence-electron chi connectivity index (χ1n) is 4.39. The quantitative estimate of drug-likeness (QED) is 0.608. The summed E-state index contributed by atoms with van der Waals surface area (Å²) in [7, 11) is 0. The summed E-state index contributed by atoms with van der Waals surface area (Å²) in [5.74, 6) is -1.54. The van der Waals surface area contributed by atoms with E-state index in [-0.39, 0.29) is 5.91 Å². The van der Waals surface area contributed by atoms with Crippen molar-refractivity contribution in [2.24, 2.45) is 5.73 Å². The Morgan fingerprint density at radius 1 is 1.57 bits per heavy atom. The van der Waals surface area contributed by atoms with Crippen molar-refractivity contribution in [1.82, 2.24) is 4.90 Å². The van der Waals surface area contributed by atoms with Crippen LogP contribution in [0.4, 0.5) is 0 Å². The van der Waals surface area contributed by atoms with Gasteiger partial charge in [0.1, 0.15) is 0 Å². The molecular formula is C9H14N2O3. The van der Waals surface area contributed by atoms with Crippen LogP contribution in [-0.2, 0) is 9.59 Å². The predicted molar refractivity (Wildman–Crippen MR) is 50.3 cm³/mol. The second-order valence-corrected chi connectivity index (χ2v) is 3.57. The minimum absolute atomic E-state index is 0.293. The molecule has 1 atom stereocenters. The van der Waals surface area contributed by atoms with Crippen LogP contribution in [0, 0.1) is 0 Å². The first-order chi connectivity index (χ1) is 6.39. The number of carbonyl (C=O) groups is 2. The molecule has 1 saturated heterocycles. The Labute approximate surface area is 82.2 Å². The lowest BCUT2D eigenvalue weighted by Crippen LogP contribution is -2.59. The molecule has 0 radical (unpaired) electrons. The summed E-state index contributed by atoms with van der Waals surface area (Å²) in [6, 6.07) is 0. The summed E-state index contributed by atoms with van der Waals surface area (Å²) >= 11 is 0. The normalized spacial score (nSPS) is 26.3. The number of likely N-dealkylation sites (tertiary alicyclic amines) is 1. The molecule has 1 fully saturated rings. The van der Waals surface area contributed by atoms with Gasteiger partial charge in [0.2, 0.25) is 0 Å². The average molecular weight is 198 g/mol. The molecule has 0 aromatic rings. The minimum Gasteiger partial charge on any atom is -0.478 e. The van der Waals surface area contributed by atoms with Crippen LogP contribution in [0.5, 0.6) is 0 Å². The minimum atomic E-state index is -1.55. The van der Waals surface area contributed by atoms with Crippen molar-refractivity contribution in [3.8, 4) is 0 Å². The predicted octanol–water partition coefficient (Wildman–Crippen LogP) is -0.0755. The highest BCUT2D eigenvalue weighted by molar-refractivity contribution is 5.96. The van der Waals surface area contributed by atoms with Gasteiger partial charge in [-0.1, -0.05) is 6.58 Å². The lowest BCUT2D eigenvalue weighted by molar-refractivity contribution is -0.154. The second-order valence-electron chi connectivity index (χ2n) is 3.57. The molecule has 1 rings (SSSR count). The van der Waals surface area contributed by atoms with Crippen LogP contribution >= 0.6 is 0 Å². The Morgan fingerprint density at radius 2 is 2.14 bits per heavy atom. The van der Waals surface area contributed by atoms with Crippen LogP contribution in [0.15, 0.2) is 12.2 Å². The van der Waals surface area contributed by atoms with Crippen LogP contribution in [0.2, 0.25) is 0 Å². The molecule has 0 saturated carbocycles. The smallest absolute Gasteiger partial charge is 0.344 e. The number of carbonyl (C=O) groups excluding carboxylic acids is 1. The van der Waals surface area contributed by atoms with E-state index >= 15 is 0 Å². The van der Waals surface area contributed by atoms with E-state index in [1.807, 2.05) is 0 Å². The summed E-state index contributed by atoms with van der Waals surface area (Å²) in [4.78, 5) is 23.6. The first-order valence-corrected chi connectivity index (χ1v) is 4.39. The fourth-order valence-corrected chi connectivity index (χ4v) is 1.58. The third-order valence-corrected chi connectivity index (χ3v) is 2.40. The Morgan fingerprint density at radius 3 is 2.57 bits per heavy atom. The van der Waals surface area contributed by atoms with Crippen LogP contribution in [0.25, 0.3) is 0 Å². The van der Waals surface area contributed by atoms with Gasteiger partial charge in [0.25, 0.3) is 5.91 Å². The van der Waals surface area contributed by atoms with E-state index in [0.717, 1.165) is 0 Å². The van der Waals surface area contributed by atoms with Gasteiger partial charge in [0, 0.05) is 12.1 Å². The standard InChI is InChI=1S/C9H14N2O3/c1-6(2)7(12)11-5-3-4-9(11,10)8(13)14/h1,3-5,10H2,2H3,(H,13,14)/t9-/m1/s1. The topological polar surface area (TPSA) is 83.6 Å². The SMILES string of the molecule is C=C(C)C(=O)N1CCC[C@]1(N)C(=O)O. The van der Waals surface area contributed by atoms with E-state index in [4.69, 9.17) is 10.8 Å². The lowest BCUT2D eigenvalue weighted by atomic mass is 10.1. The molecule has 1 aliphatic rings. The van der Waals surface area contributed by atoms with Crippen molar-refractivity contribution >= 4 is 11.9 Å². The monoisotopic (exact) mass is 198 g/mol. The number of carboxylic acid groups (broad SMARTS) is 1. The molecule has 5 nitrogen and oxygen atoms in total. The van der Waals surface area contributed by atoms with Crippen molar-refractivity contribution in [1.29, 1.82) is 0 Å². The van der Waals surface area contributed by atoms with Gasteiger partial charge < -0.3 is 10.0 Å². The lowest BCUT2D eigenvalue weighted by Gasteiger charge is -2.30. The van der Waals surface area contributed by atoms with E-state index in [2.05, 4.69) is 6.58 Å². The molecule has 5 heteroatoms. The molecular weight excluding hydrogens is 184 g/mol. The number of hydrogen-bond donors (Lipinski definition) is 2. The molecule has 0 bridgehead atoms. The molecule has 0 unspecified atom stereocenters. The molecule has 1 heterocycles. The van der Waals surface area contributed by atoms with Crippen molar-refractivity contribution < 1.29 is 14.7 Å². The second kappa shape index (κ2) is 3.42. The molecule has 3 N–H and O–H groups in total. The molecule has 1 aliphatic heterocycles. The van der Waals surface area contributed by atoms with E-state index < -0.39 is 11.6 Å². The van der Waals surface area contributed by atoms with Gasteiger partial charge in [-0.15, -0.1) is 0 Å². The van der Waals surface area contributed by atoms with Crippen molar-refractivity contribution in [3.05, 3.63) is 12.2 Å². The van der Waals surface area contributed by atoms with Crippen LogP contribution in [-0.4, -0.2) is 34.1 Å². The van der Waals surface area contributed by atoms with Gasteiger partial charge in [-0.05, 0) is 19.8 Å². The zero-order chi connectivity index (χ0) is 10.9. The van der Waals surface area contributed by atoms with E-state index in [1.54, 1.807) is 6.92 Å². The molecule has 0 aliphatic carbocycles. The largest absolute Gasteiger partial charge is 0.478 e. The Bertz CT molecular complexity index is 300. The number of amides is 1. The van der Waals surface area contributed by atoms with Gasteiger partial charge >= 0.3 is 5.97 Å². The summed E-state index contributed by atoms with van der Waals surface area (Å²) < 4.78 is 0. The summed E-state index contributed by atoms with van der Waals surface area (Å²) in [6.45, 7) is 5.41. The number of hydrogen-bond acceptors (Lipinski definition) is 3.